The van der Waals surface area contributed by atoms with Crippen molar-refractivity contribution in [1.82, 2.24) is 10.2 Å². The summed E-state index contributed by atoms with van der Waals surface area (Å²) in [7, 11) is 1.76. The first kappa shape index (κ1) is 10.5. The molecule has 13 heavy (non-hydrogen) atoms. The molecule has 1 fully saturated rings. The summed E-state index contributed by atoms with van der Waals surface area (Å²) in [5.41, 5.74) is 0. The number of amides is 1. The van der Waals surface area contributed by atoms with Crippen LogP contribution >= 0.6 is 0 Å². The number of piperidine rings is 1. The number of aliphatic hydroxyl groups excluding tert-OH is 1. The molecule has 1 aliphatic heterocycles. The van der Waals surface area contributed by atoms with E-state index in [2.05, 4.69) is 5.32 Å². The van der Waals surface area contributed by atoms with E-state index in [-0.39, 0.29) is 17.9 Å². The van der Waals surface area contributed by atoms with Crippen molar-refractivity contribution in [1.29, 1.82) is 0 Å². The molecule has 4 heteroatoms. The van der Waals surface area contributed by atoms with Crippen molar-refractivity contribution in [3.05, 3.63) is 0 Å². The van der Waals surface area contributed by atoms with Crippen LogP contribution in [0.4, 0.5) is 0 Å². The zero-order chi connectivity index (χ0) is 9.84. The van der Waals surface area contributed by atoms with E-state index in [1.54, 1.807) is 7.05 Å². The van der Waals surface area contributed by atoms with Gasteiger partial charge in [-0.15, -0.1) is 0 Å². The van der Waals surface area contributed by atoms with Gasteiger partial charge in [0.1, 0.15) is 0 Å². The number of carbonyl (C=O) groups is 1. The molecule has 0 spiro atoms. The topological polar surface area (TPSA) is 52.6 Å². The zero-order valence-electron chi connectivity index (χ0n) is 8.29. The molecular formula is C9H18N2O2. The van der Waals surface area contributed by atoms with Gasteiger partial charge in [0.2, 0.25) is 5.91 Å². The minimum Gasteiger partial charge on any atom is -0.393 e. The number of likely N-dealkylation sites (N-methyl/N-ethyl adjacent to an activating group) is 1. The molecule has 2 atom stereocenters. The summed E-state index contributed by atoms with van der Waals surface area (Å²) in [6.45, 7) is 3.74. The Kier molecular flexibility index (Phi) is 3.69. The zero-order valence-corrected chi connectivity index (χ0v) is 8.29. The van der Waals surface area contributed by atoms with Gasteiger partial charge in [-0.1, -0.05) is 6.92 Å². The van der Waals surface area contributed by atoms with Crippen LogP contribution < -0.4 is 5.32 Å². The molecule has 0 aromatic rings. The van der Waals surface area contributed by atoms with Gasteiger partial charge in [-0.25, -0.2) is 0 Å². The Bertz CT molecular complexity index is 184. The number of nitrogens with zero attached hydrogens (tertiary/aromatic N) is 1. The first-order chi connectivity index (χ1) is 6.15. The average Bonchev–Trinajstić information content (AvgIpc) is 2.10. The molecule has 0 saturated carbocycles. The van der Waals surface area contributed by atoms with Crippen molar-refractivity contribution < 1.29 is 9.90 Å². The molecule has 1 heterocycles. The number of nitrogens with one attached hydrogen (secondary N) is 1. The molecule has 1 rings (SSSR count). The summed E-state index contributed by atoms with van der Waals surface area (Å²) in [4.78, 5) is 13.2. The molecule has 0 bridgehead atoms. The van der Waals surface area contributed by atoms with E-state index in [1.807, 2.05) is 11.8 Å². The molecule has 0 aliphatic carbocycles. The van der Waals surface area contributed by atoms with Crippen LogP contribution in [-0.2, 0) is 4.79 Å². The third-order valence-electron chi connectivity index (χ3n) is 2.54. The smallest absolute Gasteiger partial charge is 0.236 e. The Balaban J connectivity index is 2.40. The SMILES string of the molecule is CNCC(=O)N1CC[C@@H](O)[C@H](C)C1. The standard InChI is InChI=1S/C9H18N2O2/c1-7-6-11(4-3-8(7)12)9(13)5-10-2/h7-8,10,12H,3-6H2,1-2H3/t7-,8-/m1/s1. The van der Waals surface area contributed by atoms with E-state index in [9.17, 15) is 9.90 Å². The molecule has 2 N–H and O–H groups in total. The fourth-order valence-corrected chi connectivity index (χ4v) is 1.62. The first-order valence-corrected chi connectivity index (χ1v) is 4.75. The van der Waals surface area contributed by atoms with E-state index < -0.39 is 0 Å². The maximum Gasteiger partial charge on any atom is 0.236 e. The van der Waals surface area contributed by atoms with Crippen molar-refractivity contribution in [2.75, 3.05) is 26.7 Å². The van der Waals surface area contributed by atoms with Gasteiger partial charge in [0, 0.05) is 13.1 Å². The van der Waals surface area contributed by atoms with Crippen molar-refractivity contribution in [2.45, 2.75) is 19.4 Å². The first-order valence-electron chi connectivity index (χ1n) is 4.75. The number of aliphatic hydroxyl groups is 1. The summed E-state index contributed by atoms with van der Waals surface area (Å²) in [6, 6.07) is 0. The Labute approximate surface area is 78.9 Å². The Hall–Kier alpha value is -0.610. The highest BCUT2D eigenvalue weighted by atomic mass is 16.3. The lowest BCUT2D eigenvalue weighted by Gasteiger charge is -2.34. The molecule has 0 radical (unpaired) electrons. The lowest BCUT2D eigenvalue weighted by atomic mass is 9.97. The molecule has 1 amide bonds. The van der Waals surface area contributed by atoms with E-state index in [0.29, 0.717) is 26.1 Å². The number of hydrogen-bond acceptors (Lipinski definition) is 3. The fraction of sp³-hybridized carbons (Fsp3) is 0.889. The minimum absolute atomic E-state index is 0.126. The van der Waals surface area contributed by atoms with Crippen LogP contribution in [0.15, 0.2) is 0 Å². The second kappa shape index (κ2) is 4.58. The van der Waals surface area contributed by atoms with E-state index >= 15 is 0 Å². The largest absolute Gasteiger partial charge is 0.393 e. The summed E-state index contributed by atoms with van der Waals surface area (Å²) in [5, 5.41) is 12.3. The molecule has 1 aliphatic rings. The van der Waals surface area contributed by atoms with Gasteiger partial charge < -0.3 is 15.3 Å². The van der Waals surface area contributed by atoms with Gasteiger partial charge in [0.15, 0.2) is 0 Å². The fourth-order valence-electron chi connectivity index (χ4n) is 1.62. The monoisotopic (exact) mass is 186 g/mol. The number of likely N-dealkylation sites (tertiary alicyclic amines) is 1. The van der Waals surface area contributed by atoms with Crippen LogP contribution in [0.3, 0.4) is 0 Å². The number of hydrogen-bond donors (Lipinski definition) is 2. The summed E-state index contributed by atoms with van der Waals surface area (Å²) < 4.78 is 0. The average molecular weight is 186 g/mol. The molecular weight excluding hydrogens is 168 g/mol. The van der Waals surface area contributed by atoms with Gasteiger partial charge in [-0.2, -0.15) is 0 Å². The van der Waals surface area contributed by atoms with E-state index in [0.717, 1.165) is 0 Å². The molecule has 1 saturated heterocycles. The van der Waals surface area contributed by atoms with Gasteiger partial charge in [0.05, 0.1) is 12.6 Å². The van der Waals surface area contributed by atoms with Crippen LogP contribution in [0, 0.1) is 5.92 Å². The molecule has 0 unspecified atom stereocenters. The highest BCUT2D eigenvalue weighted by Crippen LogP contribution is 2.16. The van der Waals surface area contributed by atoms with Gasteiger partial charge >= 0.3 is 0 Å². The van der Waals surface area contributed by atoms with Gasteiger partial charge in [-0.3, -0.25) is 4.79 Å². The summed E-state index contributed by atoms with van der Waals surface area (Å²) in [6.07, 6.45) is 0.468. The van der Waals surface area contributed by atoms with Crippen molar-refractivity contribution in [3.63, 3.8) is 0 Å². The van der Waals surface area contributed by atoms with Crippen molar-refractivity contribution in [3.8, 4) is 0 Å². The minimum atomic E-state index is -0.237. The van der Waals surface area contributed by atoms with Crippen LogP contribution in [0.2, 0.25) is 0 Å². The predicted molar refractivity (Wildman–Crippen MR) is 50.3 cm³/mol. The van der Waals surface area contributed by atoms with Crippen LogP contribution in [0.25, 0.3) is 0 Å². The van der Waals surface area contributed by atoms with E-state index in [4.69, 9.17) is 0 Å². The highest BCUT2D eigenvalue weighted by Gasteiger charge is 2.26. The molecule has 4 nitrogen and oxygen atoms in total. The second-order valence-corrected chi connectivity index (χ2v) is 3.70. The maximum absolute atomic E-state index is 11.4. The van der Waals surface area contributed by atoms with Crippen molar-refractivity contribution >= 4 is 5.91 Å². The van der Waals surface area contributed by atoms with Crippen LogP contribution in [0.1, 0.15) is 13.3 Å². The lowest BCUT2D eigenvalue weighted by Crippen LogP contribution is -2.47. The lowest BCUT2D eigenvalue weighted by molar-refractivity contribution is -0.133. The third-order valence-corrected chi connectivity index (χ3v) is 2.54. The summed E-state index contributed by atoms with van der Waals surface area (Å²) >= 11 is 0. The number of rotatable bonds is 2. The third kappa shape index (κ3) is 2.67. The molecule has 0 aromatic heterocycles. The predicted octanol–water partition coefficient (Wildman–Crippen LogP) is -0.565. The highest BCUT2D eigenvalue weighted by molar-refractivity contribution is 5.78. The Morgan fingerprint density at radius 3 is 2.92 bits per heavy atom. The Morgan fingerprint density at radius 2 is 2.38 bits per heavy atom. The van der Waals surface area contributed by atoms with Crippen LogP contribution in [0.5, 0.6) is 0 Å². The van der Waals surface area contributed by atoms with Crippen molar-refractivity contribution in [2.24, 2.45) is 5.92 Å². The summed E-state index contributed by atoms with van der Waals surface area (Å²) in [5.74, 6) is 0.329. The number of carbonyl (C=O) groups excluding carboxylic acids is 1. The van der Waals surface area contributed by atoms with Crippen LogP contribution in [-0.4, -0.2) is 48.7 Å². The normalized spacial score (nSPS) is 29.0. The second-order valence-electron chi connectivity index (χ2n) is 3.70. The maximum atomic E-state index is 11.4. The Morgan fingerprint density at radius 1 is 1.69 bits per heavy atom. The quantitative estimate of drug-likeness (QED) is 0.607. The van der Waals surface area contributed by atoms with Gasteiger partial charge in [-0.05, 0) is 19.4 Å². The van der Waals surface area contributed by atoms with E-state index in [1.165, 1.54) is 0 Å². The molecule has 0 aromatic carbocycles. The molecule has 76 valence electrons. The van der Waals surface area contributed by atoms with Gasteiger partial charge in [0.25, 0.3) is 0 Å².